The molecule has 0 N–H and O–H groups in total. The molecule has 11 aromatic carbocycles. The number of para-hydroxylation sites is 4. The highest BCUT2D eigenvalue weighted by molar-refractivity contribution is 6.29. The van der Waals surface area contributed by atoms with Crippen LogP contribution in [-0.2, 0) is 0 Å². The second-order valence-electron chi connectivity index (χ2n) is 19.1. The van der Waals surface area contributed by atoms with Crippen LogP contribution in [0.15, 0.2) is 273 Å². The molecule has 7 heteroatoms. The minimum atomic E-state index is 0. The normalized spacial score (nSPS) is 11.3. The summed E-state index contributed by atoms with van der Waals surface area (Å²) in [5, 5.41) is 7.26. The van der Waals surface area contributed by atoms with Gasteiger partial charge in [0.15, 0.2) is 5.82 Å². The van der Waals surface area contributed by atoms with Gasteiger partial charge in [-0.05, 0) is 125 Å². The molecule has 0 aliphatic carbocycles. The van der Waals surface area contributed by atoms with Gasteiger partial charge >= 0.3 is 0 Å². The molecule has 6 nitrogen and oxygen atoms in total. The first-order valence-electron chi connectivity index (χ1n) is 25.7. The summed E-state index contributed by atoms with van der Waals surface area (Å²) in [6.07, 6.45) is 0. The van der Waals surface area contributed by atoms with Crippen molar-refractivity contribution in [1.82, 2.24) is 29.1 Å². The molecule has 0 aliphatic rings. The predicted molar refractivity (Wildman–Crippen MR) is 327 cm³/mol. The summed E-state index contributed by atoms with van der Waals surface area (Å²) in [6, 6.07) is 95.9. The summed E-state index contributed by atoms with van der Waals surface area (Å²) in [4.78, 5) is 18.7. The monoisotopic (exact) mass is 1020 g/mol. The highest BCUT2D eigenvalue weighted by atomic mass is 35.5. The van der Waals surface area contributed by atoms with Gasteiger partial charge in [0.1, 0.15) is 0 Å². The molecule has 0 spiro atoms. The molecule has 0 aliphatic heterocycles. The summed E-state index contributed by atoms with van der Waals surface area (Å²) in [6.45, 7) is 0. The number of rotatable bonds is 7. The van der Waals surface area contributed by atoms with E-state index in [2.05, 4.69) is 219 Å². The second-order valence-corrected chi connectivity index (χ2v) is 19.5. The maximum atomic E-state index is 5.95. The van der Waals surface area contributed by atoms with Crippen LogP contribution >= 0.6 is 11.6 Å². The summed E-state index contributed by atoms with van der Waals surface area (Å²) in [7, 11) is 0. The highest BCUT2D eigenvalue weighted by Gasteiger charge is 2.18. The van der Waals surface area contributed by atoms with Crippen LogP contribution in [-0.4, -0.2) is 29.1 Å². The van der Waals surface area contributed by atoms with Gasteiger partial charge in [0, 0.05) is 60.4 Å². The van der Waals surface area contributed by atoms with E-state index in [0.717, 1.165) is 66.8 Å². The molecule has 4 heterocycles. The fourth-order valence-corrected chi connectivity index (χ4v) is 11.1. The minimum absolute atomic E-state index is 0. The Labute approximate surface area is 456 Å². The van der Waals surface area contributed by atoms with Gasteiger partial charge < -0.3 is 9.13 Å². The number of hydrogen-bond donors (Lipinski definition) is 0. The van der Waals surface area contributed by atoms with E-state index in [1.165, 1.54) is 60.3 Å². The summed E-state index contributed by atoms with van der Waals surface area (Å²) >= 11 is 5.95. The number of nitrogens with zero attached hydrogens (tertiary/aromatic N) is 6. The molecule has 15 aromatic rings. The van der Waals surface area contributed by atoms with E-state index in [1.54, 1.807) is 0 Å². The third-order valence-corrected chi connectivity index (χ3v) is 14.7. The van der Waals surface area contributed by atoms with Crippen LogP contribution in [0, 0.1) is 0 Å². The van der Waals surface area contributed by atoms with Crippen molar-refractivity contribution in [1.29, 1.82) is 0 Å². The zero-order chi connectivity index (χ0) is 51.2. The van der Waals surface area contributed by atoms with Crippen molar-refractivity contribution in [2.75, 3.05) is 0 Å². The van der Waals surface area contributed by atoms with Gasteiger partial charge in [-0.3, -0.25) is 0 Å². The van der Waals surface area contributed by atoms with Crippen molar-refractivity contribution < 1.29 is 0 Å². The quantitative estimate of drug-likeness (QED) is 0.149. The molecular formula is C71H49ClN6. The second kappa shape index (κ2) is 20.3. The maximum Gasteiger partial charge on any atom is 0.223 e. The molecule has 15 rings (SSSR count). The Morgan fingerprint density at radius 2 is 0.628 bits per heavy atom. The Morgan fingerprint density at radius 3 is 1.17 bits per heavy atom. The topological polar surface area (TPSA) is 61.4 Å². The van der Waals surface area contributed by atoms with Gasteiger partial charge in [0.2, 0.25) is 5.28 Å². The van der Waals surface area contributed by atoms with Crippen LogP contribution in [0.25, 0.3) is 133 Å². The first-order valence-corrected chi connectivity index (χ1v) is 26.1. The largest absolute Gasteiger partial charge is 0.309 e. The van der Waals surface area contributed by atoms with E-state index < -0.39 is 0 Å². The Kier molecular flexibility index (Phi) is 12.4. The van der Waals surface area contributed by atoms with E-state index in [-0.39, 0.29) is 12.7 Å². The molecule has 4 aromatic heterocycles. The standard InChI is InChI=1S/C56H36N4.C14H9ClN2.CH4/c1-4-14-37(15-5-1)40-26-31-53-48(34-40)49-36-42(28-33-54(49)59(53)43-18-8-3-9-19-43)41-27-32-52-47(35-41)45-20-11-13-23-51(45)60(52)44-29-24-39(25-30-44)56-57-50-22-12-10-21-46(50)55(58-56)38-16-6-2-7-17-38;15-14-16-12-9-5-4-8-11(12)13(17-14)10-6-2-1-3-7-10;/h1-36H;1-9H;1H4. The SMILES string of the molecule is C.Clc1nc(-c2ccccc2)c2ccccc2n1.c1ccc(-c2ccc3c(c2)c2cc(-c4ccc5c(c4)c4ccccc4n5-c4ccc(-c5nc(-c6ccccc6)c6ccccc6n5)cc4)ccc2n3-c2ccccc2)cc1. The Morgan fingerprint density at radius 1 is 0.256 bits per heavy atom. The van der Waals surface area contributed by atoms with Crippen molar-refractivity contribution >= 4 is 77.0 Å². The van der Waals surface area contributed by atoms with Gasteiger partial charge in [0.05, 0.1) is 44.5 Å². The number of aromatic nitrogens is 6. The van der Waals surface area contributed by atoms with Crippen LogP contribution in [0.3, 0.4) is 0 Å². The van der Waals surface area contributed by atoms with Gasteiger partial charge in [0.25, 0.3) is 0 Å². The van der Waals surface area contributed by atoms with E-state index in [1.807, 2.05) is 72.8 Å². The van der Waals surface area contributed by atoms with Crippen molar-refractivity contribution in [3.63, 3.8) is 0 Å². The average Bonchev–Trinajstić information content (AvgIpc) is 4.02. The molecule has 0 amide bonds. The molecule has 0 fully saturated rings. The lowest BCUT2D eigenvalue weighted by Crippen LogP contribution is -1.97. The number of halogens is 1. The van der Waals surface area contributed by atoms with Crippen LogP contribution in [0.4, 0.5) is 0 Å². The molecule has 370 valence electrons. The molecular weight excluding hydrogens is 972 g/mol. The van der Waals surface area contributed by atoms with Crippen LogP contribution < -0.4 is 0 Å². The Hall–Kier alpha value is -10.0. The van der Waals surface area contributed by atoms with Crippen molar-refractivity contribution in [2.24, 2.45) is 0 Å². The lowest BCUT2D eigenvalue weighted by Gasteiger charge is -2.11. The summed E-state index contributed by atoms with van der Waals surface area (Å²) in [5.41, 5.74) is 18.5. The molecule has 0 radical (unpaired) electrons. The Bertz CT molecular complexity index is 4670. The molecule has 0 atom stereocenters. The number of hydrogen-bond acceptors (Lipinski definition) is 4. The van der Waals surface area contributed by atoms with Gasteiger partial charge in [-0.2, -0.15) is 0 Å². The fraction of sp³-hybridized carbons (Fsp3) is 0.0141. The number of benzene rings is 11. The van der Waals surface area contributed by atoms with E-state index in [9.17, 15) is 0 Å². The van der Waals surface area contributed by atoms with E-state index >= 15 is 0 Å². The lowest BCUT2D eigenvalue weighted by molar-refractivity contribution is 1.17. The molecule has 0 bridgehead atoms. The van der Waals surface area contributed by atoms with Crippen LogP contribution in [0.1, 0.15) is 7.43 Å². The minimum Gasteiger partial charge on any atom is -0.309 e. The zero-order valence-corrected chi connectivity index (χ0v) is 42.3. The smallest absolute Gasteiger partial charge is 0.223 e. The predicted octanol–water partition coefficient (Wildman–Crippen LogP) is 19.1. The molecule has 0 unspecified atom stereocenters. The summed E-state index contributed by atoms with van der Waals surface area (Å²) < 4.78 is 4.76. The van der Waals surface area contributed by atoms with E-state index in [4.69, 9.17) is 21.6 Å². The fourth-order valence-electron chi connectivity index (χ4n) is 10.9. The van der Waals surface area contributed by atoms with Gasteiger partial charge in [-0.15, -0.1) is 0 Å². The zero-order valence-electron chi connectivity index (χ0n) is 41.5. The maximum absolute atomic E-state index is 5.95. The van der Waals surface area contributed by atoms with Crippen molar-refractivity contribution in [3.8, 4) is 67.5 Å². The van der Waals surface area contributed by atoms with Crippen molar-refractivity contribution in [2.45, 2.75) is 7.43 Å². The Balaban J connectivity index is 0.000000274. The molecule has 0 saturated carbocycles. The third-order valence-electron chi connectivity index (χ3n) is 14.5. The highest BCUT2D eigenvalue weighted by Crippen LogP contribution is 2.40. The third kappa shape index (κ3) is 8.60. The first kappa shape index (κ1) is 47.7. The summed E-state index contributed by atoms with van der Waals surface area (Å²) in [5.74, 6) is 0.714. The van der Waals surface area contributed by atoms with E-state index in [0.29, 0.717) is 5.82 Å². The van der Waals surface area contributed by atoms with Crippen LogP contribution in [0.2, 0.25) is 5.28 Å². The molecule has 78 heavy (non-hydrogen) atoms. The van der Waals surface area contributed by atoms with Crippen LogP contribution in [0.5, 0.6) is 0 Å². The van der Waals surface area contributed by atoms with Gasteiger partial charge in [-0.25, -0.2) is 19.9 Å². The number of fused-ring (bicyclic) bond motifs is 8. The average molecular weight is 1020 g/mol. The first-order chi connectivity index (χ1) is 38.1. The lowest BCUT2D eigenvalue weighted by atomic mass is 9.99. The van der Waals surface area contributed by atoms with Gasteiger partial charge in [-0.1, -0.05) is 189 Å². The molecule has 0 saturated heterocycles. The van der Waals surface area contributed by atoms with Crippen molar-refractivity contribution in [3.05, 3.63) is 278 Å².